The van der Waals surface area contributed by atoms with E-state index in [9.17, 15) is 0 Å². The van der Waals surface area contributed by atoms with E-state index in [4.69, 9.17) is 46.4 Å². The number of hydrogen-bond acceptors (Lipinski definition) is 10. The van der Waals surface area contributed by atoms with Crippen molar-refractivity contribution in [3.05, 3.63) is 97.1 Å². The van der Waals surface area contributed by atoms with Gasteiger partial charge in [0.2, 0.25) is 0 Å². The van der Waals surface area contributed by atoms with Crippen LogP contribution in [0.5, 0.6) is 23.0 Å². The molecular weight excluding hydrogens is 921 g/mol. The van der Waals surface area contributed by atoms with Crippen LogP contribution in [0.25, 0.3) is 0 Å². The normalized spacial score (nSPS) is 14.1. The Labute approximate surface area is 381 Å². The van der Waals surface area contributed by atoms with Gasteiger partial charge in [0.05, 0.1) is 28.4 Å². The van der Waals surface area contributed by atoms with Crippen LogP contribution in [0.3, 0.4) is 0 Å². The summed E-state index contributed by atoms with van der Waals surface area (Å²) >= 11 is 0. The quantitative estimate of drug-likeness (QED) is 0.166. The third-order valence-corrected chi connectivity index (χ3v) is 7.21. The van der Waals surface area contributed by atoms with Crippen molar-refractivity contribution in [2.24, 2.45) is 0 Å². The minimum atomic E-state index is -2.93. The van der Waals surface area contributed by atoms with Gasteiger partial charge in [0.25, 0.3) is 0 Å². The monoisotopic (exact) mass is 990 g/mol. The maximum Gasteiger partial charge on any atom is 0.481 e. The fraction of sp³-hybridized carbons (Fsp3) is 0.400. The summed E-state index contributed by atoms with van der Waals surface area (Å²) in [6.45, 7) is 24.3. The summed E-state index contributed by atoms with van der Waals surface area (Å²) in [7, 11) is 3.24. The molecule has 0 bridgehead atoms. The van der Waals surface area contributed by atoms with Crippen molar-refractivity contribution >= 4 is 89.0 Å². The van der Waals surface area contributed by atoms with Gasteiger partial charge >= 0.3 is 35.4 Å². The number of methoxy groups -OCH3 is 4. The molecule has 10 nitrogen and oxygen atoms in total. The van der Waals surface area contributed by atoms with Crippen molar-refractivity contribution in [2.75, 3.05) is 108 Å². The predicted octanol–water partition coefficient (Wildman–Crippen LogP) is 5.52. The molecule has 0 saturated carbocycles. The van der Waals surface area contributed by atoms with Crippen LogP contribution in [-0.4, -0.2) is 144 Å². The Kier molecular flexibility index (Phi) is 28.1. The standard InChI is InChI=1S/C28H28B5O10.4C3H9P.Rh/c1-34-25-13-5-21(6-14-25)29-38-30(22-7-15-26(35-2)16-8-22)41-33(40-29)42-31(23-9-17-27(36-3)18-10-23)39-32(43-33)24-11-19-28(37-4)20-12-24;4*1-4(2)3;/h5-20H,1-4H3;4*1-3H3;/q-1;;;;;/p+4. The molecule has 4 aromatic carbocycles. The third kappa shape index (κ3) is 21.3. The second-order valence-electron chi connectivity index (χ2n) is 15.8. The largest absolute Gasteiger partial charge is 0.561 e. The first kappa shape index (κ1) is 56.5. The zero-order valence-corrected chi connectivity index (χ0v) is 44.2. The molecule has 6 rings (SSSR count). The summed E-state index contributed by atoms with van der Waals surface area (Å²) in [5.41, 5.74) is 2.85. The van der Waals surface area contributed by atoms with E-state index in [0.29, 0.717) is 44.8 Å². The zero-order chi connectivity index (χ0) is 44.1. The topological polar surface area (TPSA) is 92.3 Å². The number of benzene rings is 4. The molecule has 0 aromatic heterocycles. The molecule has 0 atom stereocenters. The molecule has 2 aliphatic heterocycles. The Balaban J connectivity index is 0.000000911. The number of rotatable bonds is 8. The van der Waals surface area contributed by atoms with Crippen molar-refractivity contribution in [2.45, 2.75) is 0 Å². The van der Waals surface area contributed by atoms with E-state index in [1.807, 2.05) is 97.1 Å². The van der Waals surface area contributed by atoms with Gasteiger partial charge in [-0.2, -0.15) is 0 Å². The van der Waals surface area contributed by atoms with E-state index in [1.165, 1.54) is 0 Å². The average molecular weight is 990 g/mol. The third-order valence-electron chi connectivity index (χ3n) is 7.21. The molecule has 2 saturated heterocycles. The van der Waals surface area contributed by atoms with Gasteiger partial charge in [-0.3, -0.25) is 0 Å². The van der Waals surface area contributed by atoms with Gasteiger partial charge in [0.15, 0.2) is 0 Å². The van der Waals surface area contributed by atoms with Gasteiger partial charge < -0.3 is 46.4 Å². The summed E-state index contributed by atoms with van der Waals surface area (Å²) < 4.78 is 59.8. The van der Waals surface area contributed by atoms with E-state index >= 15 is 0 Å². The van der Waals surface area contributed by atoms with Gasteiger partial charge in [-0.1, -0.05) is 48.5 Å². The molecule has 20 heteroatoms. The second-order valence-corrected chi connectivity index (χ2v) is 27.8. The zero-order valence-electron chi connectivity index (χ0n) is 38.5. The molecule has 0 aliphatic carbocycles. The maximum atomic E-state index is 6.44. The molecular formula is C40H68B5O10P4Rh+3. The molecule has 329 valence electrons. The van der Waals surface area contributed by atoms with Crippen LogP contribution in [0.15, 0.2) is 97.1 Å². The Hall–Kier alpha value is -1.49. The van der Waals surface area contributed by atoms with Crippen molar-refractivity contribution in [3.63, 3.8) is 0 Å². The van der Waals surface area contributed by atoms with Crippen LogP contribution in [0.1, 0.15) is 0 Å². The van der Waals surface area contributed by atoms with E-state index in [2.05, 4.69) is 80.0 Å². The average Bonchev–Trinajstić information content (AvgIpc) is 3.20. The molecule has 0 unspecified atom stereocenters. The summed E-state index contributed by atoms with van der Waals surface area (Å²) in [5.74, 6) is 2.78. The van der Waals surface area contributed by atoms with Gasteiger partial charge in [0, 0.05) is 99.5 Å². The first-order valence-electron chi connectivity index (χ1n) is 19.7. The molecule has 2 aliphatic rings. The van der Waals surface area contributed by atoms with E-state index in [1.54, 1.807) is 28.4 Å². The maximum absolute atomic E-state index is 6.44. The molecule has 60 heavy (non-hydrogen) atoms. The van der Waals surface area contributed by atoms with Crippen LogP contribution in [0.4, 0.5) is 0 Å². The molecule has 0 N–H and O–H groups in total. The van der Waals surface area contributed by atoms with Gasteiger partial charge in [-0.05, 0) is 102 Å². The minimum absolute atomic E-state index is 0. The van der Waals surface area contributed by atoms with Crippen LogP contribution < -0.4 is 40.8 Å². The van der Waals surface area contributed by atoms with Crippen LogP contribution >= 0.6 is 31.7 Å². The molecule has 1 spiro atoms. The van der Waals surface area contributed by atoms with Crippen molar-refractivity contribution < 1.29 is 65.9 Å². The van der Waals surface area contributed by atoms with Crippen LogP contribution in [0.2, 0.25) is 0 Å². The Morgan fingerprint density at radius 1 is 0.333 bits per heavy atom. The van der Waals surface area contributed by atoms with Gasteiger partial charge in [-0.15, -0.1) is 0 Å². The Morgan fingerprint density at radius 3 is 0.617 bits per heavy atom. The summed E-state index contributed by atoms with van der Waals surface area (Å²) in [5, 5.41) is 0. The minimum Gasteiger partial charge on any atom is -0.561 e. The van der Waals surface area contributed by atoms with Crippen molar-refractivity contribution in [3.8, 4) is 23.0 Å². The van der Waals surface area contributed by atoms with Gasteiger partial charge in [-0.25, -0.2) is 0 Å². The first-order valence-corrected chi connectivity index (χ1v) is 31.7. The predicted molar refractivity (Wildman–Crippen MR) is 270 cm³/mol. The summed E-state index contributed by atoms with van der Waals surface area (Å²) in [6.07, 6.45) is 0. The van der Waals surface area contributed by atoms with Crippen molar-refractivity contribution in [1.82, 2.24) is 0 Å². The van der Waals surface area contributed by atoms with E-state index in [0.717, 1.165) is 0 Å². The molecule has 4 aromatic rings. The SMILES string of the molecule is COc1ccc(B2OB(c3ccc(OC)cc3)O[B-]3(O2)OB(c2ccc(OC)cc2)OB(c2ccc(OC)cc2)O3)cc1.C[PH+](C)C.C[PH+](C)C.C[PH+](C)C.C[PH+](C)C.[Rh]. The molecule has 2 fully saturated rings. The summed E-state index contributed by atoms with van der Waals surface area (Å²) in [4.78, 5) is 0. The Morgan fingerprint density at radius 2 is 0.483 bits per heavy atom. The number of hydrogen-bond donors (Lipinski definition) is 0. The van der Waals surface area contributed by atoms with E-state index in [-0.39, 0.29) is 51.2 Å². The van der Waals surface area contributed by atoms with Crippen LogP contribution in [-0.2, 0) is 46.9 Å². The fourth-order valence-corrected chi connectivity index (χ4v) is 4.82. The number of ether oxygens (including phenoxy) is 4. The smallest absolute Gasteiger partial charge is 0.481 e. The fourth-order valence-electron chi connectivity index (χ4n) is 4.82. The van der Waals surface area contributed by atoms with E-state index < -0.39 is 35.4 Å². The second kappa shape index (κ2) is 29.8. The molecule has 2 heterocycles. The van der Waals surface area contributed by atoms with Gasteiger partial charge in [0.1, 0.15) is 23.0 Å². The first-order chi connectivity index (χ1) is 27.9. The molecule has 0 amide bonds. The Bertz CT molecular complexity index is 1460. The molecule has 1 radical (unpaired) electrons. The summed E-state index contributed by atoms with van der Waals surface area (Å²) in [6, 6.07) is 29.4. The van der Waals surface area contributed by atoms with Crippen molar-refractivity contribution in [1.29, 1.82) is 0 Å². The van der Waals surface area contributed by atoms with Crippen LogP contribution in [0, 0.1) is 0 Å².